The molecule has 4 rings (SSSR count). The summed E-state index contributed by atoms with van der Waals surface area (Å²) in [6.45, 7) is 1.78. The summed E-state index contributed by atoms with van der Waals surface area (Å²) in [6.07, 6.45) is 1.82. The number of methoxy groups -OCH3 is 3. The fourth-order valence-corrected chi connectivity index (χ4v) is 4.64. The number of rotatable bonds is 6. The molecule has 0 bridgehead atoms. The molecule has 1 atom stereocenters. The number of anilines is 1. The number of hydrogen-bond donors (Lipinski definition) is 2. The molecule has 2 aromatic rings. The maximum Gasteiger partial charge on any atom is 0.254 e. The maximum absolute atomic E-state index is 14.3. The Labute approximate surface area is 197 Å². The smallest absolute Gasteiger partial charge is 0.254 e. The maximum atomic E-state index is 14.3. The lowest BCUT2D eigenvalue weighted by Gasteiger charge is -2.35. The highest BCUT2D eigenvalue weighted by Crippen LogP contribution is 2.47. The monoisotopic (exact) mass is 466 g/mol. The molecule has 1 aliphatic heterocycles. The van der Waals surface area contributed by atoms with Crippen molar-refractivity contribution in [2.24, 2.45) is 0 Å². The van der Waals surface area contributed by atoms with Crippen molar-refractivity contribution in [3.05, 3.63) is 70.3 Å². The van der Waals surface area contributed by atoms with Gasteiger partial charge in [-0.3, -0.25) is 9.59 Å². The standard InChI is InChI=1S/C26H27FN2O5/c1-14-22(26(31)29-17-9-6-5-8-16(17)27)23(24-18(28-14)10-7-11-19(24)30)15-12-20(32-2)25(34-4)21(13-15)33-3/h5-6,8-9,12-13,23,28H,7,10-11H2,1-4H3,(H,29,31). The number of Topliss-reactive ketones (excluding diaryl/α,β-unsaturated/α-hetero) is 1. The molecule has 0 saturated carbocycles. The summed E-state index contributed by atoms with van der Waals surface area (Å²) in [4.78, 5) is 26.7. The summed E-state index contributed by atoms with van der Waals surface area (Å²) >= 11 is 0. The number of hydrogen-bond acceptors (Lipinski definition) is 6. The van der Waals surface area contributed by atoms with Gasteiger partial charge in [-0.05, 0) is 49.6 Å². The third kappa shape index (κ3) is 4.11. The fourth-order valence-electron chi connectivity index (χ4n) is 4.64. The van der Waals surface area contributed by atoms with Crippen LogP contribution in [0, 0.1) is 5.82 Å². The summed E-state index contributed by atoms with van der Waals surface area (Å²) in [7, 11) is 4.52. The normalized spacial score (nSPS) is 17.7. The lowest BCUT2D eigenvalue weighted by molar-refractivity contribution is -0.116. The second kappa shape index (κ2) is 9.59. The summed E-state index contributed by atoms with van der Waals surface area (Å²) in [6, 6.07) is 9.44. The van der Waals surface area contributed by atoms with Crippen LogP contribution in [0.15, 0.2) is 58.9 Å². The van der Waals surface area contributed by atoms with Gasteiger partial charge >= 0.3 is 0 Å². The number of amides is 1. The number of carbonyl (C=O) groups is 2. The lowest BCUT2D eigenvalue weighted by Crippen LogP contribution is -2.35. The van der Waals surface area contributed by atoms with Crippen molar-refractivity contribution in [1.82, 2.24) is 5.32 Å². The van der Waals surface area contributed by atoms with Crippen LogP contribution in [0.4, 0.5) is 10.1 Å². The van der Waals surface area contributed by atoms with Gasteiger partial charge in [-0.2, -0.15) is 0 Å². The van der Waals surface area contributed by atoms with E-state index in [1.54, 1.807) is 31.2 Å². The van der Waals surface area contributed by atoms with E-state index in [0.29, 0.717) is 52.5 Å². The van der Waals surface area contributed by atoms with Crippen LogP contribution < -0.4 is 24.8 Å². The average molecular weight is 467 g/mol. The first-order valence-electron chi connectivity index (χ1n) is 11.0. The Bertz CT molecular complexity index is 1190. The molecule has 0 spiro atoms. The number of ketones is 1. The highest BCUT2D eigenvalue weighted by Gasteiger charge is 2.39. The fraction of sp³-hybridized carbons (Fsp3) is 0.308. The van der Waals surface area contributed by atoms with Gasteiger partial charge in [-0.15, -0.1) is 0 Å². The van der Waals surface area contributed by atoms with Crippen LogP contribution in [0.3, 0.4) is 0 Å². The van der Waals surface area contributed by atoms with Gasteiger partial charge in [-0.25, -0.2) is 4.39 Å². The Balaban J connectivity index is 1.88. The third-order valence-electron chi connectivity index (χ3n) is 6.16. The zero-order valence-electron chi connectivity index (χ0n) is 19.6. The zero-order valence-corrected chi connectivity index (χ0v) is 19.6. The van der Waals surface area contributed by atoms with E-state index in [0.717, 1.165) is 12.1 Å². The summed E-state index contributed by atoms with van der Waals surface area (Å²) in [5.41, 5.74) is 2.95. The number of ether oxygens (including phenoxy) is 3. The Morgan fingerprint density at radius 1 is 1.06 bits per heavy atom. The van der Waals surface area contributed by atoms with Crippen LogP contribution in [-0.2, 0) is 9.59 Å². The van der Waals surface area contributed by atoms with Crippen LogP contribution in [0.2, 0.25) is 0 Å². The Hall–Kier alpha value is -3.81. The van der Waals surface area contributed by atoms with Gasteiger partial charge in [0, 0.05) is 34.9 Å². The number of para-hydroxylation sites is 1. The van der Waals surface area contributed by atoms with Gasteiger partial charge in [0.15, 0.2) is 17.3 Å². The zero-order chi connectivity index (χ0) is 24.4. The second-order valence-electron chi connectivity index (χ2n) is 8.16. The minimum absolute atomic E-state index is 0.0313. The molecule has 0 fully saturated rings. The largest absolute Gasteiger partial charge is 0.493 e. The first kappa shape index (κ1) is 23.4. The molecule has 0 saturated heterocycles. The highest BCUT2D eigenvalue weighted by molar-refractivity contribution is 6.09. The number of carbonyl (C=O) groups excluding carboxylic acids is 2. The first-order chi connectivity index (χ1) is 16.4. The van der Waals surface area contributed by atoms with Crippen molar-refractivity contribution in [1.29, 1.82) is 0 Å². The van der Waals surface area contributed by atoms with E-state index in [1.807, 2.05) is 0 Å². The molecular formula is C26H27FN2O5. The predicted molar refractivity (Wildman–Crippen MR) is 126 cm³/mol. The Kier molecular flexibility index (Phi) is 6.58. The summed E-state index contributed by atoms with van der Waals surface area (Å²) in [5, 5.41) is 5.92. The number of nitrogens with one attached hydrogen (secondary N) is 2. The van der Waals surface area contributed by atoms with E-state index >= 15 is 0 Å². The molecule has 2 N–H and O–H groups in total. The van der Waals surface area contributed by atoms with Crippen molar-refractivity contribution in [2.45, 2.75) is 32.1 Å². The van der Waals surface area contributed by atoms with Crippen molar-refractivity contribution in [3.8, 4) is 17.2 Å². The quantitative estimate of drug-likeness (QED) is 0.654. The summed E-state index contributed by atoms with van der Waals surface area (Å²) in [5.74, 6) is -0.542. The minimum atomic E-state index is -0.690. The Morgan fingerprint density at radius 2 is 1.74 bits per heavy atom. The SMILES string of the molecule is COc1cc(C2C(C(=O)Nc3ccccc3F)=C(C)NC3=C2C(=O)CCC3)cc(OC)c1OC. The van der Waals surface area contributed by atoms with Crippen molar-refractivity contribution >= 4 is 17.4 Å². The molecule has 34 heavy (non-hydrogen) atoms. The Morgan fingerprint density at radius 3 is 2.35 bits per heavy atom. The number of halogens is 1. The predicted octanol–water partition coefficient (Wildman–Crippen LogP) is 4.46. The van der Waals surface area contributed by atoms with Crippen LogP contribution in [0.5, 0.6) is 17.2 Å². The van der Waals surface area contributed by atoms with Gasteiger partial charge in [0.1, 0.15) is 5.82 Å². The van der Waals surface area contributed by atoms with Gasteiger partial charge in [-0.1, -0.05) is 12.1 Å². The van der Waals surface area contributed by atoms with Crippen molar-refractivity contribution < 1.29 is 28.2 Å². The second-order valence-corrected chi connectivity index (χ2v) is 8.16. The van der Waals surface area contributed by atoms with Crippen LogP contribution in [0.25, 0.3) is 0 Å². The molecule has 1 heterocycles. The number of dihydropyridines is 1. The molecule has 2 aliphatic rings. The van der Waals surface area contributed by atoms with Gasteiger partial charge in [0.25, 0.3) is 5.91 Å². The van der Waals surface area contributed by atoms with E-state index < -0.39 is 17.6 Å². The minimum Gasteiger partial charge on any atom is -0.493 e. The average Bonchev–Trinajstić information content (AvgIpc) is 2.83. The molecule has 8 heteroatoms. The molecule has 178 valence electrons. The van der Waals surface area contributed by atoms with Crippen LogP contribution >= 0.6 is 0 Å². The molecule has 1 aliphatic carbocycles. The first-order valence-corrected chi connectivity index (χ1v) is 11.0. The molecule has 0 radical (unpaired) electrons. The molecular weight excluding hydrogens is 439 g/mol. The molecule has 7 nitrogen and oxygen atoms in total. The van der Waals surface area contributed by atoms with E-state index in [9.17, 15) is 14.0 Å². The molecule has 1 unspecified atom stereocenters. The van der Waals surface area contributed by atoms with Crippen LogP contribution in [-0.4, -0.2) is 33.0 Å². The van der Waals surface area contributed by atoms with E-state index in [-0.39, 0.29) is 11.5 Å². The van der Waals surface area contributed by atoms with Crippen molar-refractivity contribution in [3.63, 3.8) is 0 Å². The molecule has 2 aromatic carbocycles. The highest BCUT2D eigenvalue weighted by atomic mass is 19.1. The van der Waals surface area contributed by atoms with E-state index in [2.05, 4.69) is 10.6 Å². The molecule has 0 aromatic heterocycles. The lowest BCUT2D eigenvalue weighted by atomic mass is 9.75. The number of allylic oxidation sites excluding steroid dienone is 3. The molecule has 1 amide bonds. The third-order valence-corrected chi connectivity index (χ3v) is 6.16. The van der Waals surface area contributed by atoms with E-state index in [1.165, 1.54) is 33.5 Å². The van der Waals surface area contributed by atoms with Gasteiger partial charge in [0.2, 0.25) is 5.75 Å². The van der Waals surface area contributed by atoms with Crippen LogP contribution in [0.1, 0.15) is 37.7 Å². The number of benzene rings is 2. The van der Waals surface area contributed by atoms with Gasteiger partial charge < -0.3 is 24.8 Å². The summed E-state index contributed by atoms with van der Waals surface area (Å²) < 4.78 is 30.8. The van der Waals surface area contributed by atoms with Crippen molar-refractivity contribution in [2.75, 3.05) is 26.6 Å². The van der Waals surface area contributed by atoms with Gasteiger partial charge in [0.05, 0.1) is 27.0 Å². The van der Waals surface area contributed by atoms with E-state index in [4.69, 9.17) is 14.2 Å². The topological polar surface area (TPSA) is 85.9 Å².